The van der Waals surface area contributed by atoms with Crippen molar-refractivity contribution in [3.05, 3.63) is 35.9 Å². The fourth-order valence-corrected chi connectivity index (χ4v) is 1.52. The molecule has 0 heterocycles. The highest BCUT2D eigenvalue weighted by Crippen LogP contribution is 2.08. The van der Waals surface area contributed by atoms with Crippen LogP contribution in [0.5, 0.6) is 0 Å². The maximum atomic E-state index is 11.9. The largest absolute Gasteiger partial charge is 0.309 e. The SMILES string of the molecule is C[C@H](CN(C)C)C(=O)c1ccccc1. The molecule has 1 aromatic rings. The second-order valence-corrected chi connectivity index (χ2v) is 3.89. The summed E-state index contributed by atoms with van der Waals surface area (Å²) < 4.78 is 0. The second kappa shape index (κ2) is 4.91. The maximum Gasteiger partial charge on any atom is 0.166 e. The number of hydrogen-bond acceptors (Lipinski definition) is 2. The van der Waals surface area contributed by atoms with E-state index < -0.39 is 0 Å². The highest BCUT2D eigenvalue weighted by molar-refractivity contribution is 5.97. The molecule has 0 unspecified atom stereocenters. The normalized spacial score (nSPS) is 12.9. The number of carbonyl (C=O) groups excluding carboxylic acids is 1. The molecule has 1 atom stereocenters. The predicted molar refractivity (Wildman–Crippen MR) is 58.5 cm³/mol. The average Bonchev–Trinajstić information content (AvgIpc) is 2.17. The molecule has 2 nitrogen and oxygen atoms in total. The van der Waals surface area contributed by atoms with Gasteiger partial charge in [-0.05, 0) is 14.1 Å². The Morgan fingerprint density at radius 2 is 1.86 bits per heavy atom. The van der Waals surface area contributed by atoms with Gasteiger partial charge in [0.2, 0.25) is 0 Å². The van der Waals surface area contributed by atoms with Gasteiger partial charge in [-0.3, -0.25) is 4.79 Å². The number of benzene rings is 1. The summed E-state index contributed by atoms with van der Waals surface area (Å²) in [6.07, 6.45) is 0. The van der Waals surface area contributed by atoms with Crippen molar-refractivity contribution >= 4 is 5.78 Å². The molecule has 1 rings (SSSR count). The third-order valence-electron chi connectivity index (χ3n) is 2.14. The first-order valence-corrected chi connectivity index (χ1v) is 4.85. The lowest BCUT2D eigenvalue weighted by atomic mass is 9.99. The predicted octanol–water partition coefficient (Wildman–Crippen LogP) is 2.07. The van der Waals surface area contributed by atoms with Gasteiger partial charge in [-0.15, -0.1) is 0 Å². The van der Waals surface area contributed by atoms with E-state index in [0.717, 1.165) is 12.1 Å². The molecule has 0 aliphatic carbocycles. The molecule has 0 aromatic heterocycles. The molecule has 76 valence electrons. The van der Waals surface area contributed by atoms with Crippen LogP contribution in [0, 0.1) is 5.92 Å². The monoisotopic (exact) mass is 191 g/mol. The van der Waals surface area contributed by atoms with E-state index in [9.17, 15) is 4.79 Å². The van der Waals surface area contributed by atoms with Crippen LogP contribution in [-0.2, 0) is 0 Å². The number of carbonyl (C=O) groups is 1. The van der Waals surface area contributed by atoms with E-state index in [-0.39, 0.29) is 11.7 Å². The van der Waals surface area contributed by atoms with Crippen molar-refractivity contribution in [2.45, 2.75) is 6.92 Å². The highest BCUT2D eigenvalue weighted by Gasteiger charge is 2.14. The van der Waals surface area contributed by atoms with Gasteiger partial charge in [0.25, 0.3) is 0 Å². The van der Waals surface area contributed by atoms with Gasteiger partial charge >= 0.3 is 0 Å². The third kappa shape index (κ3) is 2.96. The molecule has 1 aromatic carbocycles. The van der Waals surface area contributed by atoms with Crippen molar-refractivity contribution in [3.63, 3.8) is 0 Å². The standard InChI is InChI=1S/C12H17NO/c1-10(9-13(2)3)12(14)11-7-5-4-6-8-11/h4-8,10H,9H2,1-3H3/t10-/m1/s1. The minimum absolute atomic E-state index is 0.0624. The Morgan fingerprint density at radius 3 is 2.36 bits per heavy atom. The molecule has 0 bridgehead atoms. The molecule has 0 radical (unpaired) electrons. The van der Waals surface area contributed by atoms with Gasteiger partial charge in [0.1, 0.15) is 0 Å². The van der Waals surface area contributed by atoms with Crippen LogP contribution in [0.3, 0.4) is 0 Å². The summed E-state index contributed by atoms with van der Waals surface area (Å²) in [4.78, 5) is 13.9. The summed E-state index contributed by atoms with van der Waals surface area (Å²) in [6, 6.07) is 9.46. The first-order valence-electron chi connectivity index (χ1n) is 4.85. The van der Waals surface area contributed by atoms with E-state index >= 15 is 0 Å². The Bertz CT molecular complexity index is 292. The lowest BCUT2D eigenvalue weighted by Gasteiger charge is -2.15. The lowest BCUT2D eigenvalue weighted by molar-refractivity contribution is 0.0910. The quantitative estimate of drug-likeness (QED) is 0.679. The number of nitrogens with zero attached hydrogens (tertiary/aromatic N) is 1. The molecule has 0 amide bonds. The van der Waals surface area contributed by atoms with Crippen LogP contribution in [0.15, 0.2) is 30.3 Å². The Morgan fingerprint density at radius 1 is 1.29 bits per heavy atom. The minimum Gasteiger partial charge on any atom is -0.309 e. The fraction of sp³-hybridized carbons (Fsp3) is 0.417. The first kappa shape index (κ1) is 10.9. The van der Waals surface area contributed by atoms with Crippen LogP contribution in [0.2, 0.25) is 0 Å². The molecular weight excluding hydrogens is 174 g/mol. The van der Waals surface area contributed by atoms with Gasteiger partial charge in [-0.2, -0.15) is 0 Å². The summed E-state index contributed by atoms with van der Waals surface area (Å²) in [5.74, 6) is 0.284. The van der Waals surface area contributed by atoms with E-state index in [4.69, 9.17) is 0 Å². The number of rotatable bonds is 4. The molecule has 0 spiro atoms. The topological polar surface area (TPSA) is 20.3 Å². The van der Waals surface area contributed by atoms with Crippen LogP contribution < -0.4 is 0 Å². The van der Waals surface area contributed by atoms with Crippen molar-refractivity contribution in [3.8, 4) is 0 Å². The lowest BCUT2D eigenvalue weighted by Crippen LogP contribution is -2.25. The van der Waals surface area contributed by atoms with Gasteiger partial charge < -0.3 is 4.90 Å². The number of ketones is 1. The summed E-state index contributed by atoms with van der Waals surface area (Å²) >= 11 is 0. The summed E-state index contributed by atoms with van der Waals surface area (Å²) in [5, 5.41) is 0. The van der Waals surface area contributed by atoms with Gasteiger partial charge in [0.05, 0.1) is 0 Å². The van der Waals surface area contributed by atoms with Crippen LogP contribution in [0.1, 0.15) is 17.3 Å². The average molecular weight is 191 g/mol. The van der Waals surface area contributed by atoms with Crippen LogP contribution in [0.4, 0.5) is 0 Å². The van der Waals surface area contributed by atoms with Crippen LogP contribution in [-0.4, -0.2) is 31.3 Å². The molecule has 0 aliphatic rings. The van der Waals surface area contributed by atoms with Crippen LogP contribution >= 0.6 is 0 Å². The second-order valence-electron chi connectivity index (χ2n) is 3.89. The zero-order valence-electron chi connectivity index (χ0n) is 9.03. The maximum absolute atomic E-state index is 11.9. The number of hydrogen-bond donors (Lipinski definition) is 0. The molecular formula is C12H17NO. The van der Waals surface area contributed by atoms with E-state index in [0.29, 0.717) is 0 Å². The van der Waals surface area contributed by atoms with E-state index in [1.54, 1.807) is 0 Å². The van der Waals surface area contributed by atoms with E-state index in [1.165, 1.54) is 0 Å². The van der Waals surface area contributed by atoms with Crippen molar-refractivity contribution < 1.29 is 4.79 Å². The van der Waals surface area contributed by atoms with Gasteiger partial charge in [0.15, 0.2) is 5.78 Å². The van der Waals surface area contributed by atoms with Gasteiger partial charge in [-0.1, -0.05) is 37.3 Å². The van der Waals surface area contributed by atoms with Gasteiger partial charge in [-0.25, -0.2) is 0 Å². The van der Waals surface area contributed by atoms with Crippen LogP contribution in [0.25, 0.3) is 0 Å². The highest BCUT2D eigenvalue weighted by atomic mass is 16.1. The summed E-state index contributed by atoms with van der Waals surface area (Å²) in [6.45, 7) is 2.77. The Balaban J connectivity index is 2.66. The summed E-state index contributed by atoms with van der Waals surface area (Å²) in [5.41, 5.74) is 0.807. The molecule has 0 saturated heterocycles. The van der Waals surface area contributed by atoms with Crippen molar-refractivity contribution in [1.82, 2.24) is 4.90 Å². The Kier molecular flexibility index (Phi) is 3.84. The Labute approximate surface area is 85.5 Å². The molecule has 0 aliphatic heterocycles. The van der Waals surface area contributed by atoms with E-state index in [2.05, 4.69) is 0 Å². The zero-order chi connectivity index (χ0) is 10.6. The number of Topliss-reactive ketones (excluding diaryl/α,β-unsaturated/α-hetero) is 1. The molecule has 0 fully saturated rings. The molecule has 0 N–H and O–H groups in total. The molecule has 2 heteroatoms. The minimum atomic E-state index is 0.0624. The van der Waals surface area contributed by atoms with E-state index in [1.807, 2.05) is 56.3 Å². The Hall–Kier alpha value is -1.15. The van der Waals surface area contributed by atoms with Crippen molar-refractivity contribution in [2.75, 3.05) is 20.6 Å². The first-order chi connectivity index (χ1) is 6.61. The van der Waals surface area contributed by atoms with Crippen molar-refractivity contribution in [1.29, 1.82) is 0 Å². The molecule has 0 saturated carbocycles. The summed E-state index contributed by atoms with van der Waals surface area (Å²) in [7, 11) is 3.96. The molecule has 14 heavy (non-hydrogen) atoms. The zero-order valence-corrected chi connectivity index (χ0v) is 9.03. The fourth-order valence-electron chi connectivity index (χ4n) is 1.52. The third-order valence-corrected chi connectivity index (χ3v) is 2.14. The van der Waals surface area contributed by atoms with Crippen molar-refractivity contribution in [2.24, 2.45) is 5.92 Å². The smallest absolute Gasteiger partial charge is 0.166 e. The van der Waals surface area contributed by atoms with Gasteiger partial charge in [0, 0.05) is 18.0 Å².